The van der Waals surface area contributed by atoms with Gasteiger partial charge in [-0.2, -0.15) is 0 Å². The van der Waals surface area contributed by atoms with Crippen LogP contribution in [0.25, 0.3) is 4.85 Å². The van der Waals surface area contributed by atoms with Gasteiger partial charge in [0.15, 0.2) is 0 Å². The van der Waals surface area contributed by atoms with Crippen molar-refractivity contribution < 1.29 is 8.78 Å². The third-order valence-electron chi connectivity index (χ3n) is 2.19. The van der Waals surface area contributed by atoms with Gasteiger partial charge >= 0.3 is 0 Å². The van der Waals surface area contributed by atoms with Crippen LogP contribution in [0.1, 0.15) is 0 Å². The van der Waals surface area contributed by atoms with E-state index in [1.807, 2.05) is 0 Å². The summed E-state index contributed by atoms with van der Waals surface area (Å²) in [6.45, 7) is 6.94. The van der Waals surface area contributed by atoms with Gasteiger partial charge in [-0.05, 0) is 30.3 Å². The molecule has 90 valence electrons. The molecule has 0 unspecified atom stereocenters. The maximum absolute atomic E-state index is 13.0. The normalized spacial score (nSPS) is 10.1. The second kappa shape index (κ2) is 5.07. The lowest BCUT2D eigenvalue weighted by Crippen LogP contribution is -1.85. The highest BCUT2D eigenvalue weighted by Crippen LogP contribution is 2.33. The molecule has 0 fully saturated rings. The number of nitrogen functional groups attached to an aromatic ring is 1. The van der Waals surface area contributed by atoms with Crippen molar-refractivity contribution in [3.05, 3.63) is 59.4 Å². The van der Waals surface area contributed by atoms with Crippen molar-refractivity contribution in [2.24, 2.45) is 0 Å². The van der Waals surface area contributed by atoms with Crippen molar-refractivity contribution in [2.75, 3.05) is 5.73 Å². The molecular weight excluding hydrogens is 254 g/mol. The Morgan fingerprint density at radius 2 is 1.67 bits per heavy atom. The standard InChI is InChI=1S/C13H8F2N2S/c1-17-13-7-10(2-3-12(13)16)18-11-5-8(14)4-9(15)6-11/h2-7H,16H2. The van der Waals surface area contributed by atoms with Crippen molar-refractivity contribution in [3.63, 3.8) is 0 Å². The van der Waals surface area contributed by atoms with E-state index in [2.05, 4.69) is 4.85 Å². The van der Waals surface area contributed by atoms with Crippen LogP contribution in [-0.4, -0.2) is 0 Å². The van der Waals surface area contributed by atoms with E-state index >= 15 is 0 Å². The Labute approximate surface area is 107 Å². The summed E-state index contributed by atoms with van der Waals surface area (Å²) in [6, 6.07) is 8.19. The number of halogens is 2. The summed E-state index contributed by atoms with van der Waals surface area (Å²) in [7, 11) is 0. The number of nitrogens with two attached hydrogens (primary N) is 1. The lowest BCUT2D eigenvalue weighted by Gasteiger charge is -2.04. The Morgan fingerprint density at radius 1 is 1.00 bits per heavy atom. The molecule has 0 bridgehead atoms. The number of nitrogens with zero attached hydrogens (tertiary/aromatic N) is 1. The molecule has 0 aliphatic heterocycles. The van der Waals surface area contributed by atoms with Gasteiger partial charge in [0.05, 0.1) is 6.57 Å². The Balaban J connectivity index is 2.31. The van der Waals surface area contributed by atoms with Crippen LogP contribution in [0.2, 0.25) is 0 Å². The number of anilines is 1. The monoisotopic (exact) mass is 262 g/mol. The number of benzene rings is 2. The highest BCUT2D eigenvalue weighted by Gasteiger charge is 2.05. The van der Waals surface area contributed by atoms with Gasteiger partial charge < -0.3 is 5.73 Å². The average molecular weight is 262 g/mol. The lowest BCUT2D eigenvalue weighted by atomic mass is 10.3. The molecule has 0 aliphatic rings. The molecule has 2 aromatic rings. The molecular formula is C13H8F2N2S. The highest BCUT2D eigenvalue weighted by molar-refractivity contribution is 7.99. The fourth-order valence-corrected chi connectivity index (χ4v) is 2.33. The van der Waals surface area contributed by atoms with Crippen molar-refractivity contribution in [2.45, 2.75) is 9.79 Å². The second-order valence-electron chi connectivity index (χ2n) is 3.54. The van der Waals surface area contributed by atoms with Crippen LogP contribution in [0.3, 0.4) is 0 Å². The molecule has 0 spiro atoms. The maximum Gasteiger partial charge on any atom is 0.210 e. The van der Waals surface area contributed by atoms with Gasteiger partial charge in [0.2, 0.25) is 5.69 Å². The first-order valence-corrected chi connectivity index (χ1v) is 5.81. The zero-order chi connectivity index (χ0) is 13.1. The first-order chi connectivity index (χ1) is 8.58. The summed E-state index contributed by atoms with van der Waals surface area (Å²) in [6.07, 6.45) is 0. The smallest absolute Gasteiger partial charge is 0.210 e. The molecule has 0 aliphatic carbocycles. The summed E-state index contributed by atoms with van der Waals surface area (Å²) in [5.74, 6) is -1.25. The molecule has 0 saturated heterocycles. The summed E-state index contributed by atoms with van der Waals surface area (Å²) >= 11 is 1.18. The van der Waals surface area contributed by atoms with E-state index in [-0.39, 0.29) is 0 Å². The van der Waals surface area contributed by atoms with Crippen LogP contribution in [0.15, 0.2) is 46.2 Å². The zero-order valence-corrected chi connectivity index (χ0v) is 9.97. The van der Waals surface area contributed by atoms with Gasteiger partial charge in [0.1, 0.15) is 11.6 Å². The van der Waals surface area contributed by atoms with Gasteiger partial charge in [-0.1, -0.05) is 11.8 Å². The molecule has 2 N–H and O–H groups in total. The SMILES string of the molecule is [C-]#[N+]c1cc(Sc2cc(F)cc(F)c2)ccc1N. The van der Waals surface area contributed by atoms with Crippen LogP contribution in [0.4, 0.5) is 20.2 Å². The molecule has 0 radical (unpaired) electrons. The molecule has 0 amide bonds. The van der Waals surface area contributed by atoms with E-state index in [1.165, 1.54) is 23.9 Å². The summed E-state index contributed by atoms with van der Waals surface area (Å²) in [5.41, 5.74) is 6.32. The summed E-state index contributed by atoms with van der Waals surface area (Å²) < 4.78 is 26.0. The number of rotatable bonds is 2. The third-order valence-corrected chi connectivity index (χ3v) is 3.16. The molecule has 0 atom stereocenters. The molecule has 2 rings (SSSR count). The second-order valence-corrected chi connectivity index (χ2v) is 4.69. The maximum atomic E-state index is 13.0. The molecule has 2 nitrogen and oxygen atoms in total. The molecule has 0 heterocycles. The van der Waals surface area contributed by atoms with Crippen molar-refractivity contribution in [1.29, 1.82) is 0 Å². The number of hydrogen-bond acceptors (Lipinski definition) is 2. The minimum atomic E-state index is -0.627. The minimum Gasteiger partial charge on any atom is -0.407 e. The molecule has 18 heavy (non-hydrogen) atoms. The van der Waals surface area contributed by atoms with Crippen LogP contribution in [0, 0.1) is 18.2 Å². The molecule has 5 heteroatoms. The van der Waals surface area contributed by atoms with Crippen LogP contribution < -0.4 is 5.73 Å². The van der Waals surface area contributed by atoms with Crippen LogP contribution in [-0.2, 0) is 0 Å². The topological polar surface area (TPSA) is 30.4 Å². The largest absolute Gasteiger partial charge is 0.407 e. The fourth-order valence-electron chi connectivity index (χ4n) is 1.41. The third kappa shape index (κ3) is 2.79. The van der Waals surface area contributed by atoms with E-state index < -0.39 is 11.6 Å². The van der Waals surface area contributed by atoms with Crippen molar-refractivity contribution in [1.82, 2.24) is 0 Å². The van der Waals surface area contributed by atoms with Gasteiger partial charge in [-0.15, -0.1) is 0 Å². The van der Waals surface area contributed by atoms with Gasteiger partial charge in [0.25, 0.3) is 0 Å². The van der Waals surface area contributed by atoms with Gasteiger partial charge in [-0.3, -0.25) is 0 Å². The Morgan fingerprint density at radius 3 is 2.28 bits per heavy atom. The Hall–Kier alpha value is -2.06. The molecule has 0 saturated carbocycles. The van der Waals surface area contributed by atoms with E-state index in [0.29, 0.717) is 21.2 Å². The quantitative estimate of drug-likeness (QED) is 0.647. The van der Waals surface area contributed by atoms with Crippen molar-refractivity contribution >= 4 is 23.1 Å². The van der Waals surface area contributed by atoms with E-state index in [1.54, 1.807) is 18.2 Å². The van der Waals surface area contributed by atoms with Gasteiger partial charge in [0, 0.05) is 21.5 Å². The highest BCUT2D eigenvalue weighted by atomic mass is 32.2. The van der Waals surface area contributed by atoms with Crippen molar-refractivity contribution in [3.8, 4) is 0 Å². The van der Waals surface area contributed by atoms with Crippen LogP contribution >= 0.6 is 11.8 Å². The molecule has 0 aromatic heterocycles. The Bertz CT molecular complexity index is 615. The van der Waals surface area contributed by atoms with E-state index in [0.717, 1.165) is 6.07 Å². The van der Waals surface area contributed by atoms with Gasteiger partial charge in [-0.25, -0.2) is 13.6 Å². The summed E-state index contributed by atoms with van der Waals surface area (Å²) in [4.78, 5) is 4.42. The average Bonchev–Trinajstić information content (AvgIpc) is 2.30. The lowest BCUT2D eigenvalue weighted by molar-refractivity contribution is 0.577. The zero-order valence-electron chi connectivity index (χ0n) is 9.15. The van der Waals surface area contributed by atoms with E-state index in [4.69, 9.17) is 12.3 Å². The Kier molecular flexibility index (Phi) is 3.49. The first kappa shape index (κ1) is 12.4. The predicted octanol–water partition coefficient (Wildman–Crippen LogP) is 4.25. The van der Waals surface area contributed by atoms with Crippen LogP contribution in [0.5, 0.6) is 0 Å². The van der Waals surface area contributed by atoms with E-state index in [9.17, 15) is 8.78 Å². The molecule has 2 aromatic carbocycles. The predicted molar refractivity (Wildman–Crippen MR) is 67.6 cm³/mol. The number of hydrogen-bond donors (Lipinski definition) is 1. The fraction of sp³-hybridized carbons (Fsp3) is 0. The summed E-state index contributed by atoms with van der Waals surface area (Å²) in [5, 5.41) is 0. The first-order valence-electron chi connectivity index (χ1n) is 4.99. The minimum absolute atomic E-state index is 0.330.